The number of aryl methyl sites for hydroxylation is 2. The molecule has 19 heavy (non-hydrogen) atoms. The average molecular weight is 260 g/mol. The summed E-state index contributed by atoms with van der Waals surface area (Å²) >= 11 is 0. The topological polar surface area (TPSA) is 26.3 Å². The molecule has 1 aliphatic carbocycles. The lowest BCUT2D eigenvalue weighted by Crippen LogP contribution is -2.43. The second kappa shape index (κ2) is 5.46. The number of methoxy groups -OCH3 is 1. The van der Waals surface area contributed by atoms with Gasteiger partial charge in [0.15, 0.2) is 5.78 Å². The maximum Gasteiger partial charge on any atom is 0.194 e. The van der Waals surface area contributed by atoms with Crippen LogP contribution in [0.5, 0.6) is 0 Å². The number of ether oxygens (including phenoxy) is 1. The highest BCUT2D eigenvalue weighted by molar-refractivity contribution is 6.02. The highest BCUT2D eigenvalue weighted by atomic mass is 16.5. The third-order valence-electron chi connectivity index (χ3n) is 4.37. The van der Waals surface area contributed by atoms with Crippen molar-refractivity contribution in [3.8, 4) is 0 Å². The Morgan fingerprint density at radius 2 is 1.68 bits per heavy atom. The average Bonchev–Trinajstić information content (AvgIpc) is 2.38. The van der Waals surface area contributed by atoms with Gasteiger partial charge in [0, 0.05) is 12.7 Å². The van der Waals surface area contributed by atoms with Crippen molar-refractivity contribution in [1.82, 2.24) is 0 Å². The molecule has 2 heteroatoms. The molecule has 0 spiro atoms. The minimum absolute atomic E-state index is 0.161. The maximum absolute atomic E-state index is 12.8. The summed E-state index contributed by atoms with van der Waals surface area (Å²) in [6.45, 7) is 6.32. The zero-order valence-corrected chi connectivity index (χ0v) is 12.5. The molecule has 0 atom stereocenters. The van der Waals surface area contributed by atoms with Crippen LogP contribution in [0.15, 0.2) is 18.2 Å². The number of carbonyl (C=O) groups excluding carboxylic acids is 1. The van der Waals surface area contributed by atoms with E-state index in [2.05, 4.69) is 13.0 Å². The molecule has 104 valence electrons. The molecule has 1 aromatic rings. The molecule has 1 aromatic carbocycles. The predicted octanol–water partition coefficient (Wildman–Crippen LogP) is 4.08. The van der Waals surface area contributed by atoms with Gasteiger partial charge in [0.25, 0.3) is 0 Å². The van der Waals surface area contributed by atoms with Crippen LogP contribution in [0.25, 0.3) is 0 Å². The normalized spacial score (nSPS) is 27.3. The van der Waals surface area contributed by atoms with E-state index < -0.39 is 5.60 Å². The molecule has 0 amide bonds. The Balaban J connectivity index is 2.30. The van der Waals surface area contributed by atoms with E-state index in [1.54, 1.807) is 7.11 Å². The van der Waals surface area contributed by atoms with Crippen molar-refractivity contribution in [3.05, 3.63) is 34.9 Å². The number of hydrogen-bond acceptors (Lipinski definition) is 2. The van der Waals surface area contributed by atoms with Crippen molar-refractivity contribution in [3.63, 3.8) is 0 Å². The van der Waals surface area contributed by atoms with E-state index in [1.807, 2.05) is 26.0 Å². The predicted molar refractivity (Wildman–Crippen MR) is 77.6 cm³/mol. The standard InChI is InChI=1S/C17H24O2/c1-12-5-7-17(19-4,8-6-12)16(18)15-10-13(2)9-14(3)11-15/h9-12H,5-8H2,1-4H3. The smallest absolute Gasteiger partial charge is 0.194 e. The van der Waals surface area contributed by atoms with Gasteiger partial charge in [0.2, 0.25) is 0 Å². The Morgan fingerprint density at radius 1 is 1.16 bits per heavy atom. The van der Waals surface area contributed by atoms with E-state index in [9.17, 15) is 4.79 Å². The molecule has 1 saturated carbocycles. The first-order valence-corrected chi connectivity index (χ1v) is 7.15. The maximum atomic E-state index is 12.8. The number of rotatable bonds is 3. The van der Waals surface area contributed by atoms with E-state index >= 15 is 0 Å². The minimum Gasteiger partial charge on any atom is -0.370 e. The molecule has 1 fully saturated rings. The van der Waals surface area contributed by atoms with Crippen LogP contribution in [-0.2, 0) is 4.74 Å². The number of benzene rings is 1. The first-order chi connectivity index (χ1) is 8.97. The SMILES string of the molecule is COC1(C(=O)c2cc(C)cc(C)c2)CCC(C)CC1. The fraction of sp³-hybridized carbons (Fsp3) is 0.588. The lowest BCUT2D eigenvalue weighted by molar-refractivity contribution is -0.0263. The van der Waals surface area contributed by atoms with E-state index in [1.165, 1.54) is 0 Å². The van der Waals surface area contributed by atoms with Crippen molar-refractivity contribution in [1.29, 1.82) is 0 Å². The van der Waals surface area contributed by atoms with Gasteiger partial charge in [-0.25, -0.2) is 0 Å². The van der Waals surface area contributed by atoms with Crippen LogP contribution in [0.1, 0.15) is 54.1 Å². The molecule has 2 rings (SSSR count). The molecule has 1 aliphatic rings. The Bertz CT molecular complexity index is 448. The lowest BCUT2D eigenvalue weighted by Gasteiger charge is -2.37. The van der Waals surface area contributed by atoms with Crippen molar-refractivity contribution in [2.24, 2.45) is 5.92 Å². The zero-order valence-electron chi connectivity index (χ0n) is 12.5. The molecule has 2 nitrogen and oxygen atoms in total. The molecule has 0 unspecified atom stereocenters. The lowest BCUT2D eigenvalue weighted by atomic mass is 9.75. The van der Waals surface area contributed by atoms with Gasteiger partial charge in [-0.15, -0.1) is 0 Å². The van der Waals surface area contributed by atoms with Gasteiger partial charge >= 0.3 is 0 Å². The first kappa shape index (κ1) is 14.3. The molecule has 0 saturated heterocycles. The summed E-state index contributed by atoms with van der Waals surface area (Å²) in [7, 11) is 1.68. The molecule has 0 radical (unpaired) electrons. The second-order valence-corrected chi connectivity index (χ2v) is 6.09. The summed E-state index contributed by atoms with van der Waals surface area (Å²) in [6.07, 6.45) is 3.84. The van der Waals surface area contributed by atoms with E-state index in [0.717, 1.165) is 42.4 Å². The van der Waals surface area contributed by atoms with E-state index in [0.29, 0.717) is 5.92 Å². The van der Waals surface area contributed by atoms with Crippen molar-refractivity contribution in [2.75, 3.05) is 7.11 Å². The van der Waals surface area contributed by atoms with Crippen LogP contribution in [0, 0.1) is 19.8 Å². The fourth-order valence-electron chi connectivity index (χ4n) is 3.12. The van der Waals surface area contributed by atoms with Gasteiger partial charge in [0.1, 0.15) is 5.60 Å². The third-order valence-corrected chi connectivity index (χ3v) is 4.37. The Labute approximate surface area is 116 Å². The highest BCUT2D eigenvalue weighted by Crippen LogP contribution is 2.37. The van der Waals surface area contributed by atoms with Gasteiger partial charge in [0.05, 0.1) is 0 Å². The van der Waals surface area contributed by atoms with Gasteiger partial charge < -0.3 is 4.74 Å². The van der Waals surface area contributed by atoms with Gasteiger partial charge in [-0.05, 0) is 57.6 Å². The number of ketones is 1. The van der Waals surface area contributed by atoms with Gasteiger partial charge in [-0.2, -0.15) is 0 Å². The summed E-state index contributed by atoms with van der Waals surface area (Å²) in [5.74, 6) is 0.865. The highest BCUT2D eigenvalue weighted by Gasteiger charge is 2.41. The molecular formula is C17H24O2. The van der Waals surface area contributed by atoms with E-state index in [4.69, 9.17) is 4.74 Å². The van der Waals surface area contributed by atoms with Crippen LogP contribution in [0.4, 0.5) is 0 Å². The van der Waals surface area contributed by atoms with Crippen LogP contribution in [0.3, 0.4) is 0 Å². The summed E-state index contributed by atoms with van der Waals surface area (Å²) < 4.78 is 5.67. The van der Waals surface area contributed by atoms with Crippen LogP contribution >= 0.6 is 0 Å². The Morgan fingerprint density at radius 3 is 2.16 bits per heavy atom. The molecule has 0 aliphatic heterocycles. The summed E-state index contributed by atoms with van der Waals surface area (Å²) in [6, 6.07) is 6.06. The number of carbonyl (C=O) groups is 1. The summed E-state index contributed by atoms with van der Waals surface area (Å²) in [5.41, 5.74) is 2.48. The largest absolute Gasteiger partial charge is 0.370 e. The first-order valence-electron chi connectivity index (χ1n) is 7.15. The number of Topliss-reactive ketones (excluding diaryl/α,β-unsaturated/α-hetero) is 1. The zero-order chi connectivity index (χ0) is 14.0. The van der Waals surface area contributed by atoms with Gasteiger partial charge in [-0.3, -0.25) is 4.79 Å². The van der Waals surface area contributed by atoms with Crippen molar-refractivity contribution >= 4 is 5.78 Å². The molecule has 0 heterocycles. The van der Waals surface area contributed by atoms with Crippen LogP contribution in [-0.4, -0.2) is 18.5 Å². The van der Waals surface area contributed by atoms with Crippen molar-refractivity contribution < 1.29 is 9.53 Å². The molecular weight excluding hydrogens is 236 g/mol. The Hall–Kier alpha value is -1.15. The monoisotopic (exact) mass is 260 g/mol. The third kappa shape index (κ3) is 2.89. The fourth-order valence-corrected chi connectivity index (χ4v) is 3.12. The number of hydrogen-bond donors (Lipinski definition) is 0. The summed E-state index contributed by atoms with van der Waals surface area (Å²) in [5, 5.41) is 0. The molecule has 0 N–H and O–H groups in total. The van der Waals surface area contributed by atoms with Crippen LogP contribution < -0.4 is 0 Å². The minimum atomic E-state index is -0.591. The second-order valence-electron chi connectivity index (χ2n) is 6.09. The van der Waals surface area contributed by atoms with E-state index in [-0.39, 0.29) is 5.78 Å². The van der Waals surface area contributed by atoms with Gasteiger partial charge in [-0.1, -0.05) is 24.1 Å². The van der Waals surface area contributed by atoms with Crippen molar-refractivity contribution in [2.45, 2.75) is 52.1 Å². The molecule has 0 aromatic heterocycles. The van der Waals surface area contributed by atoms with Crippen LogP contribution in [0.2, 0.25) is 0 Å². The molecule has 0 bridgehead atoms. The quantitative estimate of drug-likeness (QED) is 0.765. The summed E-state index contributed by atoms with van der Waals surface area (Å²) in [4.78, 5) is 12.8. The Kier molecular flexibility index (Phi) is 4.10.